The molecule has 1 unspecified atom stereocenters. The molecule has 100 valence electrons. The first kappa shape index (κ1) is 16.4. The standard InChI is InChI=1S/C16H31N/c1-9-13(4)10-16(7,11-14(5)17-8)15(6)12(2)3/h13H,9-11H2,1-8H3/b17-14+/t13-,16?/m0/s1. The van der Waals surface area contributed by atoms with Crippen molar-refractivity contribution in [3.05, 3.63) is 11.1 Å². The molecule has 0 aromatic carbocycles. The minimum Gasteiger partial charge on any atom is -0.298 e. The minimum atomic E-state index is 0.276. The molecule has 0 aromatic heterocycles. The number of hydrogen-bond donors (Lipinski definition) is 0. The number of nitrogens with zero attached hydrogens (tertiary/aromatic N) is 1. The Hall–Kier alpha value is -0.590. The highest BCUT2D eigenvalue weighted by molar-refractivity contribution is 5.82. The van der Waals surface area contributed by atoms with E-state index in [1.165, 1.54) is 24.1 Å². The van der Waals surface area contributed by atoms with Gasteiger partial charge in [-0.2, -0.15) is 0 Å². The van der Waals surface area contributed by atoms with E-state index in [1.807, 2.05) is 7.05 Å². The lowest BCUT2D eigenvalue weighted by Crippen LogP contribution is -2.25. The molecule has 0 aliphatic carbocycles. The van der Waals surface area contributed by atoms with Gasteiger partial charge in [0.15, 0.2) is 0 Å². The fourth-order valence-electron chi connectivity index (χ4n) is 2.52. The molecule has 0 aliphatic heterocycles. The number of aliphatic imine (C=N–C) groups is 1. The van der Waals surface area contributed by atoms with Crippen LogP contribution in [0, 0.1) is 11.3 Å². The molecule has 2 atom stereocenters. The topological polar surface area (TPSA) is 12.4 Å². The second-order valence-corrected chi connectivity index (χ2v) is 6.04. The highest BCUT2D eigenvalue weighted by atomic mass is 14.7. The van der Waals surface area contributed by atoms with Crippen LogP contribution in [0.25, 0.3) is 0 Å². The molecule has 1 nitrogen and oxygen atoms in total. The summed E-state index contributed by atoms with van der Waals surface area (Å²) >= 11 is 0. The predicted octanol–water partition coefficient (Wildman–Crippen LogP) is 5.27. The SMILES string of the molecule is CC[C@H](C)CC(C)(C/C(C)=N/C)C(C)=C(C)C. The highest BCUT2D eigenvalue weighted by Crippen LogP contribution is 2.40. The lowest BCUT2D eigenvalue weighted by Gasteiger charge is -2.34. The van der Waals surface area contributed by atoms with Gasteiger partial charge < -0.3 is 0 Å². The largest absolute Gasteiger partial charge is 0.298 e. The van der Waals surface area contributed by atoms with Gasteiger partial charge in [0.2, 0.25) is 0 Å². The molecule has 0 saturated heterocycles. The van der Waals surface area contributed by atoms with Crippen LogP contribution in [0.1, 0.15) is 67.7 Å². The first-order chi connectivity index (χ1) is 7.76. The third-order valence-electron chi connectivity index (χ3n) is 4.18. The second kappa shape index (κ2) is 6.98. The zero-order valence-electron chi connectivity index (χ0n) is 13.1. The molecule has 0 fully saturated rings. The summed E-state index contributed by atoms with van der Waals surface area (Å²) < 4.78 is 0. The summed E-state index contributed by atoms with van der Waals surface area (Å²) in [5.74, 6) is 0.777. The van der Waals surface area contributed by atoms with Gasteiger partial charge in [-0.3, -0.25) is 4.99 Å². The van der Waals surface area contributed by atoms with Crippen LogP contribution in [-0.4, -0.2) is 12.8 Å². The van der Waals surface area contributed by atoms with Crippen molar-refractivity contribution >= 4 is 5.71 Å². The van der Waals surface area contributed by atoms with E-state index in [4.69, 9.17) is 0 Å². The Morgan fingerprint density at radius 2 is 1.71 bits per heavy atom. The molecule has 0 spiro atoms. The highest BCUT2D eigenvalue weighted by Gasteiger charge is 2.29. The van der Waals surface area contributed by atoms with E-state index < -0.39 is 0 Å². The molecule has 0 amide bonds. The zero-order valence-corrected chi connectivity index (χ0v) is 13.1. The maximum absolute atomic E-state index is 4.34. The Bertz CT molecular complexity index is 295. The van der Waals surface area contributed by atoms with Crippen LogP contribution in [-0.2, 0) is 0 Å². The molecule has 0 heterocycles. The van der Waals surface area contributed by atoms with Crippen LogP contribution in [0.4, 0.5) is 0 Å². The molecule has 0 saturated carbocycles. The van der Waals surface area contributed by atoms with Gasteiger partial charge in [-0.25, -0.2) is 0 Å². The summed E-state index contributed by atoms with van der Waals surface area (Å²) in [7, 11) is 1.90. The first-order valence-electron chi connectivity index (χ1n) is 6.83. The molecule has 0 N–H and O–H groups in total. The molecule has 0 aliphatic rings. The van der Waals surface area contributed by atoms with E-state index >= 15 is 0 Å². The fourth-order valence-corrected chi connectivity index (χ4v) is 2.52. The van der Waals surface area contributed by atoms with Crippen molar-refractivity contribution < 1.29 is 0 Å². The molecule has 0 aromatic rings. The maximum Gasteiger partial charge on any atom is 0.0276 e. The number of hydrogen-bond acceptors (Lipinski definition) is 1. The lowest BCUT2D eigenvalue weighted by atomic mass is 9.71. The lowest BCUT2D eigenvalue weighted by molar-refractivity contribution is 0.303. The van der Waals surface area contributed by atoms with Crippen molar-refractivity contribution in [2.75, 3.05) is 7.05 Å². The van der Waals surface area contributed by atoms with E-state index in [1.54, 1.807) is 5.57 Å². The molecule has 0 radical (unpaired) electrons. The maximum atomic E-state index is 4.34. The molecule has 1 heteroatoms. The predicted molar refractivity (Wildman–Crippen MR) is 79.9 cm³/mol. The molecular weight excluding hydrogens is 206 g/mol. The van der Waals surface area contributed by atoms with Gasteiger partial charge >= 0.3 is 0 Å². The van der Waals surface area contributed by atoms with Crippen molar-refractivity contribution in [2.45, 2.75) is 67.7 Å². The van der Waals surface area contributed by atoms with E-state index in [-0.39, 0.29) is 5.41 Å². The smallest absolute Gasteiger partial charge is 0.0276 e. The number of rotatable bonds is 6. The number of allylic oxidation sites excluding steroid dienone is 2. The van der Waals surface area contributed by atoms with E-state index in [0.29, 0.717) is 0 Å². The van der Waals surface area contributed by atoms with Gasteiger partial charge in [-0.1, -0.05) is 38.3 Å². The van der Waals surface area contributed by atoms with Crippen molar-refractivity contribution in [2.24, 2.45) is 16.3 Å². The van der Waals surface area contributed by atoms with Gasteiger partial charge in [0.25, 0.3) is 0 Å². The van der Waals surface area contributed by atoms with Gasteiger partial charge in [0, 0.05) is 12.8 Å². The van der Waals surface area contributed by atoms with Crippen molar-refractivity contribution in [1.82, 2.24) is 0 Å². The zero-order chi connectivity index (χ0) is 13.6. The first-order valence-corrected chi connectivity index (χ1v) is 6.83. The molecular formula is C16H31N. The Kier molecular flexibility index (Phi) is 6.74. The van der Waals surface area contributed by atoms with E-state index in [2.05, 4.69) is 53.5 Å². The monoisotopic (exact) mass is 237 g/mol. The second-order valence-electron chi connectivity index (χ2n) is 6.04. The van der Waals surface area contributed by atoms with Crippen LogP contribution in [0.2, 0.25) is 0 Å². The Balaban J connectivity index is 5.14. The van der Waals surface area contributed by atoms with Gasteiger partial charge in [0.05, 0.1) is 0 Å². The summed E-state index contributed by atoms with van der Waals surface area (Å²) in [6, 6.07) is 0. The average Bonchev–Trinajstić information content (AvgIpc) is 2.27. The van der Waals surface area contributed by atoms with Crippen LogP contribution in [0.5, 0.6) is 0 Å². The summed E-state index contributed by atoms with van der Waals surface area (Å²) in [5, 5.41) is 0. The van der Waals surface area contributed by atoms with Crippen LogP contribution in [0.15, 0.2) is 16.1 Å². The van der Waals surface area contributed by atoms with Crippen molar-refractivity contribution in [3.63, 3.8) is 0 Å². The minimum absolute atomic E-state index is 0.276. The van der Waals surface area contributed by atoms with Crippen molar-refractivity contribution in [3.8, 4) is 0 Å². The van der Waals surface area contributed by atoms with Crippen molar-refractivity contribution in [1.29, 1.82) is 0 Å². The molecule has 0 bridgehead atoms. The third-order valence-corrected chi connectivity index (χ3v) is 4.18. The van der Waals surface area contributed by atoms with E-state index in [9.17, 15) is 0 Å². The summed E-state index contributed by atoms with van der Waals surface area (Å²) in [6.45, 7) is 15.9. The molecule has 0 rings (SSSR count). The fraction of sp³-hybridized carbons (Fsp3) is 0.812. The van der Waals surface area contributed by atoms with Crippen LogP contribution < -0.4 is 0 Å². The summed E-state index contributed by atoms with van der Waals surface area (Å²) in [5.41, 5.74) is 4.54. The normalized spacial score (nSPS) is 17.5. The molecule has 17 heavy (non-hydrogen) atoms. The van der Waals surface area contributed by atoms with Crippen LogP contribution in [0.3, 0.4) is 0 Å². The third kappa shape index (κ3) is 5.06. The van der Waals surface area contributed by atoms with Gasteiger partial charge in [-0.05, 0) is 51.9 Å². The van der Waals surface area contributed by atoms with Crippen LogP contribution >= 0.6 is 0 Å². The average molecular weight is 237 g/mol. The Morgan fingerprint density at radius 3 is 2.06 bits per heavy atom. The quantitative estimate of drug-likeness (QED) is 0.441. The summed E-state index contributed by atoms with van der Waals surface area (Å²) in [4.78, 5) is 4.34. The van der Waals surface area contributed by atoms with Gasteiger partial charge in [0.1, 0.15) is 0 Å². The Morgan fingerprint density at radius 1 is 1.18 bits per heavy atom. The Labute approximate surface area is 108 Å². The summed E-state index contributed by atoms with van der Waals surface area (Å²) in [6.07, 6.45) is 3.60. The van der Waals surface area contributed by atoms with E-state index in [0.717, 1.165) is 12.3 Å². The van der Waals surface area contributed by atoms with Gasteiger partial charge in [-0.15, -0.1) is 0 Å².